The molecule has 1 aliphatic carbocycles. The van der Waals surface area contributed by atoms with E-state index >= 15 is 0 Å². The van der Waals surface area contributed by atoms with Gasteiger partial charge in [-0.05, 0) is 72.1 Å². The highest BCUT2D eigenvalue weighted by atomic mass is 79.9. The smallest absolute Gasteiger partial charge is 0.375 e. The number of quaternary nitrogens is 1. The number of pyridine rings is 1. The van der Waals surface area contributed by atoms with Gasteiger partial charge < -0.3 is 10.1 Å². The Bertz CT molecular complexity index is 956. The molecule has 0 bridgehead atoms. The molecule has 0 radical (unpaired) electrons. The summed E-state index contributed by atoms with van der Waals surface area (Å²) >= 11 is 6.71. The van der Waals surface area contributed by atoms with Crippen LogP contribution in [0.15, 0.2) is 22.1 Å². The Hall–Kier alpha value is -0.710. The lowest BCUT2D eigenvalue weighted by molar-refractivity contribution is -0.791. The summed E-state index contributed by atoms with van der Waals surface area (Å²) in [4.78, 5) is 21.9. The number of unbranched alkanes of at least 4 members (excludes halogenated alkanes) is 1. The molecule has 0 N–H and O–H groups in total. The maximum absolute atomic E-state index is 13.1. The summed E-state index contributed by atoms with van der Waals surface area (Å²) in [5.74, 6) is 1.09. The van der Waals surface area contributed by atoms with E-state index in [1.54, 1.807) is 11.3 Å². The van der Waals surface area contributed by atoms with E-state index in [0.29, 0.717) is 13.1 Å². The van der Waals surface area contributed by atoms with Gasteiger partial charge in [0.1, 0.15) is 12.4 Å². The van der Waals surface area contributed by atoms with Crippen LogP contribution >= 0.6 is 39.0 Å². The van der Waals surface area contributed by atoms with Gasteiger partial charge in [0.05, 0.1) is 15.1 Å². The number of nitrogens with zero attached hydrogens (tertiary/aromatic N) is 4. The van der Waals surface area contributed by atoms with Crippen molar-refractivity contribution in [3.05, 3.63) is 27.3 Å². The molecule has 168 valence electrons. The normalized spacial score (nSPS) is 26.5. The molecule has 4 heterocycles. The molecule has 6 nitrogen and oxygen atoms in total. The number of thioether (sulfide) groups is 1. The van der Waals surface area contributed by atoms with E-state index in [9.17, 15) is 10.0 Å². The Morgan fingerprint density at radius 2 is 1.97 bits per heavy atom. The molecule has 1 unspecified atom stereocenters. The number of rotatable bonds is 6. The van der Waals surface area contributed by atoms with Crippen LogP contribution in [0.1, 0.15) is 38.5 Å². The molecule has 3 aliphatic rings. The van der Waals surface area contributed by atoms with Crippen LogP contribution in [0.25, 0.3) is 10.1 Å². The van der Waals surface area contributed by atoms with Crippen LogP contribution < -0.4 is 4.90 Å². The quantitative estimate of drug-likeness (QED) is 0.284. The molecule has 2 aromatic heterocycles. The standard InChI is InChI=1S/C22H29BrN4O2S2/c23-19-15-17-18(30-19)5-8-24-20(17)26-12-10-25(11-13-26)9-3-4-14-27(29)16-22(31-21(27)28)6-1-2-7-22/h5,8,15H,1-4,6-7,9-14,16H2. The summed E-state index contributed by atoms with van der Waals surface area (Å²) in [6.07, 6.45) is 8.14. The maximum atomic E-state index is 13.1. The fourth-order valence-electron chi connectivity index (χ4n) is 5.34. The fourth-order valence-corrected chi connectivity index (χ4v) is 8.32. The van der Waals surface area contributed by atoms with Gasteiger partial charge in [0, 0.05) is 42.5 Å². The second-order valence-electron chi connectivity index (χ2n) is 9.16. The van der Waals surface area contributed by atoms with Crippen molar-refractivity contribution in [3.8, 4) is 0 Å². The average molecular weight is 526 g/mol. The van der Waals surface area contributed by atoms with Crippen molar-refractivity contribution in [2.24, 2.45) is 0 Å². The monoisotopic (exact) mass is 524 g/mol. The number of halogens is 1. The first kappa shape index (κ1) is 22.1. The largest absolute Gasteiger partial charge is 0.625 e. The zero-order chi connectivity index (χ0) is 21.5. The van der Waals surface area contributed by atoms with Crippen LogP contribution in [0, 0.1) is 5.21 Å². The van der Waals surface area contributed by atoms with Crippen LogP contribution in [0.3, 0.4) is 0 Å². The molecular weight excluding hydrogens is 496 g/mol. The first-order valence-electron chi connectivity index (χ1n) is 11.3. The molecule has 5 rings (SSSR count). The predicted octanol–water partition coefficient (Wildman–Crippen LogP) is 5.46. The molecule has 1 atom stereocenters. The highest BCUT2D eigenvalue weighted by molar-refractivity contribution is 9.11. The SMILES string of the molecule is O=C1SC2(CCCC2)C[N+]1([O-])CCCCN1CCN(c2nccc3sc(Br)cc23)CC1. The summed E-state index contributed by atoms with van der Waals surface area (Å²) in [6.45, 7) is 5.93. The number of hydrogen-bond donors (Lipinski definition) is 0. The van der Waals surface area contributed by atoms with E-state index in [1.807, 2.05) is 6.20 Å². The van der Waals surface area contributed by atoms with Gasteiger partial charge in [-0.15, -0.1) is 11.3 Å². The van der Waals surface area contributed by atoms with E-state index in [1.165, 1.54) is 34.7 Å². The van der Waals surface area contributed by atoms with Crippen molar-refractivity contribution in [2.45, 2.75) is 43.3 Å². The lowest BCUT2D eigenvalue weighted by atomic mass is 10.1. The third kappa shape index (κ3) is 4.54. The molecule has 31 heavy (non-hydrogen) atoms. The van der Waals surface area contributed by atoms with Crippen LogP contribution in [0.5, 0.6) is 0 Å². The number of carbonyl (C=O) groups excluding carboxylic acids is 1. The van der Waals surface area contributed by atoms with Crippen molar-refractivity contribution in [2.75, 3.05) is 50.7 Å². The highest BCUT2D eigenvalue weighted by Gasteiger charge is 2.53. The number of fused-ring (bicyclic) bond motifs is 1. The highest BCUT2D eigenvalue weighted by Crippen LogP contribution is 2.50. The summed E-state index contributed by atoms with van der Waals surface area (Å²) < 4.78 is 1.78. The number of carbonyl (C=O) groups is 1. The van der Waals surface area contributed by atoms with Gasteiger partial charge in [0.25, 0.3) is 0 Å². The minimum Gasteiger partial charge on any atom is -0.625 e. The molecule has 2 aromatic rings. The number of thiophene rings is 1. The topological polar surface area (TPSA) is 59.5 Å². The van der Waals surface area contributed by atoms with Crippen molar-refractivity contribution < 1.29 is 9.44 Å². The Morgan fingerprint density at radius 3 is 2.74 bits per heavy atom. The number of anilines is 1. The van der Waals surface area contributed by atoms with Crippen molar-refractivity contribution in [1.82, 2.24) is 9.88 Å². The zero-order valence-corrected chi connectivity index (χ0v) is 20.9. The predicted molar refractivity (Wildman–Crippen MR) is 133 cm³/mol. The lowest BCUT2D eigenvalue weighted by Crippen LogP contribution is -2.47. The van der Waals surface area contributed by atoms with Gasteiger partial charge in [0.15, 0.2) is 0 Å². The minimum absolute atomic E-state index is 0.0376. The molecule has 1 spiro atoms. The third-order valence-electron chi connectivity index (χ3n) is 7.00. The molecule has 1 saturated carbocycles. The number of amides is 1. The van der Waals surface area contributed by atoms with E-state index in [2.05, 4.69) is 42.8 Å². The molecule has 9 heteroatoms. The summed E-state index contributed by atoms with van der Waals surface area (Å²) in [7, 11) is 0. The van der Waals surface area contributed by atoms with Crippen molar-refractivity contribution in [1.29, 1.82) is 0 Å². The summed E-state index contributed by atoms with van der Waals surface area (Å²) in [5.41, 5.74) is 0. The summed E-state index contributed by atoms with van der Waals surface area (Å²) in [6, 6.07) is 4.25. The molecule has 2 aliphatic heterocycles. The fraction of sp³-hybridized carbons (Fsp3) is 0.636. The van der Waals surface area contributed by atoms with Crippen LogP contribution in [0.2, 0.25) is 0 Å². The first-order valence-corrected chi connectivity index (χ1v) is 13.7. The second kappa shape index (κ2) is 8.91. The van der Waals surface area contributed by atoms with Gasteiger partial charge in [-0.3, -0.25) is 9.55 Å². The molecule has 3 fully saturated rings. The first-order chi connectivity index (χ1) is 15.0. The van der Waals surface area contributed by atoms with E-state index in [0.717, 1.165) is 68.0 Å². The van der Waals surface area contributed by atoms with Crippen LogP contribution in [-0.4, -0.2) is 70.3 Å². The number of hydroxylamine groups is 3. The lowest BCUT2D eigenvalue weighted by Gasteiger charge is -2.37. The molecule has 0 aromatic carbocycles. The Labute approximate surface area is 200 Å². The van der Waals surface area contributed by atoms with Crippen LogP contribution in [-0.2, 0) is 0 Å². The van der Waals surface area contributed by atoms with Gasteiger partial charge in [0.2, 0.25) is 0 Å². The number of hydrogen-bond acceptors (Lipinski definition) is 7. The molecule has 1 amide bonds. The van der Waals surface area contributed by atoms with E-state index in [4.69, 9.17) is 0 Å². The Balaban J connectivity index is 1.08. The second-order valence-corrected chi connectivity index (χ2v) is 13.0. The van der Waals surface area contributed by atoms with Gasteiger partial charge in [-0.25, -0.2) is 9.78 Å². The van der Waals surface area contributed by atoms with E-state index < -0.39 is 4.65 Å². The Morgan fingerprint density at radius 1 is 1.19 bits per heavy atom. The van der Waals surface area contributed by atoms with Gasteiger partial charge >= 0.3 is 5.24 Å². The molecule has 2 saturated heterocycles. The summed E-state index contributed by atoms with van der Waals surface area (Å²) in [5, 5.41) is 14.2. The maximum Gasteiger partial charge on any atom is 0.375 e. The van der Waals surface area contributed by atoms with Crippen molar-refractivity contribution in [3.63, 3.8) is 0 Å². The van der Waals surface area contributed by atoms with Crippen molar-refractivity contribution >= 4 is 60.2 Å². The molecular formula is C22H29BrN4O2S2. The number of aromatic nitrogens is 1. The van der Waals surface area contributed by atoms with E-state index in [-0.39, 0.29) is 9.99 Å². The average Bonchev–Trinajstić information content (AvgIpc) is 3.43. The Kier molecular flexibility index (Phi) is 6.35. The third-order valence-corrected chi connectivity index (χ3v) is 10.1. The minimum atomic E-state index is -0.593. The number of piperazine rings is 1. The zero-order valence-electron chi connectivity index (χ0n) is 17.7. The van der Waals surface area contributed by atoms with Gasteiger partial charge in [-0.2, -0.15) is 0 Å². The van der Waals surface area contributed by atoms with Crippen LogP contribution in [0.4, 0.5) is 10.6 Å². The van der Waals surface area contributed by atoms with Gasteiger partial charge in [-0.1, -0.05) is 12.8 Å².